The molecule has 2 rings (SSSR count). The Bertz CT molecular complexity index is 340. The molecule has 0 bridgehead atoms. The average Bonchev–Trinajstić information content (AvgIpc) is 2.33. The zero-order valence-corrected chi connectivity index (χ0v) is 8.31. The van der Waals surface area contributed by atoms with Crippen molar-refractivity contribution in [3.63, 3.8) is 0 Å². The van der Waals surface area contributed by atoms with Gasteiger partial charge in [0.05, 0.1) is 0 Å². The third kappa shape index (κ3) is 0.926. The van der Waals surface area contributed by atoms with Crippen LogP contribution in [0.5, 0.6) is 0 Å². The summed E-state index contributed by atoms with van der Waals surface area (Å²) in [7, 11) is 0. The topological polar surface area (TPSA) is 40.5 Å². The van der Waals surface area contributed by atoms with Crippen LogP contribution in [0.3, 0.4) is 0 Å². The van der Waals surface area contributed by atoms with E-state index in [0.29, 0.717) is 5.69 Å². The predicted octanol–water partition coefficient (Wildman–Crippen LogP) is 0.452. The van der Waals surface area contributed by atoms with Gasteiger partial charge in [-0.2, -0.15) is 0 Å². The Labute approximate surface area is 74.7 Å². The summed E-state index contributed by atoms with van der Waals surface area (Å²) in [5, 5.41) is 10.6. The molecule has 0 radical (unpaired) electrons. The van der Waals surface area contributed by atoms with Gasteiger partial charge in [-0.05, 0) is 0 Å². The zero-order valence-electron chi connectivity index (χ0n) is 6.60. The number of para-hydroxylation sites is 1. The standard InChI is InChI=1S/C8H9NO2Se/c1-6-9(10)7-4-2-3-5-8(7)12(6)11/h2-6,10H,1H3. The third-order valence-electron chi connectivity index (χ3n) is 1.98. The van der Waals surface area contributed by atoms with Crippen molar-refractivity contribution in [1.29, 1.82) is 0 Å². The number of anilines is 1. The molecular weight excluding hydrogens is 221 g/mol. The van der Waals surface area contributed by atoms with E-state index in [1.165, 1.54) is 0 Å². The Morgan fingerprint density at radius 2 is 2.17 bits per heavy atom. The van der Waals surface area contributed by atoms with Crippen LogP contribution < -0.4 is 9.53 Å². The molecule has 1 N–H and O–H groups in total. The molecule has 0 amide bonds. The molecule has 0 saturated heterocycles. The van der Waals surface area contributed by atoms with Crippen LogP contribution in [0.25, 0.3) is 0 Å². The van der Waals surface area contributed by atoms with Gasteiger partial charge in [0.15, 0.2) is 0 Å². The van der Waals surface area contributed by atoms with Crippen molar-refractivity contribution in [2.75, 3.05) is 5.06 Å². The van der Waals surface area contributed by atoms with E-state index in [2.05, 4.69) is 0 Å². The quantitative estimate of drug-likeness (QED) is 0.658. The summed E-state index contributed by atoms with van der Waals surface area (Å²) in [5.74, 6) is 0. The summed E-state index contributed by atoms with van der Waals surface area (Å²) in [6, 6.07) is 7.28. The van der Waals surface area contributed by atoms with Gasteiger partial charge in [0.1, 0.15) is 0 Å². The number of hydrogen-bond donors (Lipinski definition) is 1. The van der Waals surface area contributed by atoms with Crippen LogP contribution >= 0.6 is 0 Å². The second-order valence-electron chi connectivity index (χ2n) is 2.71. The Kier molecular flexibility index (Phi) is 1.76. The van der Waals surface area contributed by atoms with Gasteiger partial charge >= 0.3 is 74.2 Å². The van der Waals surface area contributed by atoms with Crippen LogP contribution in [-0.4, -0.2) is 24.0 Å². The average molecular weight is 230 g/mol. The first-order chi connectivity index (χ1) is 5.72. The van der Waals surface area contributed by atoms with E-state index in [4.69, 9.17) is 0 Å². The summed E-state index contributed by atoms with van der Waals surface area (Å²) in [4.78, 5) is -0.234. The molecule has 1 aromatic rings. The van der Waals surface area contributed by atoms with E-state index in [0.717, 1.165) is 9.53 Å². The van der Waals surface area contributed by atoms with Crippen LogP contribution in [0.4, 0.5) is 5.69 Å². The molecule has 0 aliphatic carbocycles. The van der Waals surface area contributed by atoms with E-state index in [1.54, 1.807) is 13.0 Å². The van der Waals surface area contributed by atoms with Crippen LogP contribution in [0.2, 0.25) is 0 Å². The minimum atomic E-state index is -2.04. The van der Waals surface area contributed by atoms with Gasteiger partial charge in [-0.15, -0.1) is 0 Å². The maximum atomic E-state index is 11.6. The first-order valence-electron chi connectivity index (χ1n) is 3.69. The molecule has 12 heavy (non-hydrogen) atoms. The second kappa shape index (κ2) is 2.66. The van der Waals surface area contributed by atoms with Crippen LogP contribution in [0.15, 0.2) is 24.3 Å². The molecule has 1 aromatic carbocycles. The predicted molar refractivity (Wildman–Crippen MR) is 46.2 cm³/mol. The molecule has 0 fully saturated rings. The Hall–Kier alpha value is -0.701. The van der Waals surface area contributed by atoms with Crippen molar-refractivity contribution in [3.8, 4) is 0 Å². The van der Waals surface area contributed by atoms with Gasteiger partial charge < -0.3 is 0 Å². The van der Waals surface area contributed by atoms with Crippen molar-refractivity contribution in [1.82, 2.24) is 0 Å². The van der Waals surface area contributed by atoms with E-state index < -0.39 is 13.8 Å². The molecule has 2 atom stereocenters. The van der Waals surface area contributed by atoms with Gasteiger partial charge in [0, 0.05) is 0 Å². The van der Waals surface area contributed by atoms with Crippen molar-refractivity contribution < 1.29 is 9.04 Å². The SMILES string of the molecule is CC1N(O)c2ccccc2[Se]1=O. The fourth-order valence-corrected chi connectivity index (χ4v) is 3.89. The number of fused-ring (bicyclic) bond motifs is 1. The van der Waals surface area contributed by atoms with Crippen molar-refractivity contribution >= 4 is 24.0 Å². The first kappa shape index (κ1) is 7.92. The number of hydroxylamine groups is 1. The number of benzene rings is 1. The van der Waals surface area contributed by atoms with Crippen molar-refractivity contribution in [2.24, 2.45) is 0 Å². The van der Waals surface area contributed by atoms with Crippen LogP contribution in [0, 0.1) is 0 Å². The second-order valence-corrected chi connectivity index (χ2v) is 6.31. The zero-order chi connectivity index (χ0) is 8.72. The Balaban J connectivity index is 2.59. The van der Waals surface area contributed by atoms with E-state index >= 15 is 0 Å². The summed E-state index contributed by atoms with van der Waals surface area (Å²) < 4.78 is 12.4. The van der Waals surface area contributed by atoms with Crippen LogP contribution in [-0.2, 0) is 3.83 Å². The molecule has 2 unspecified atom stereocenters. The van der Waals surface area contributed by atoms with Gasteiger partial charge in [0.25, 0.3) is 0 Å². The van der Waals surface area contributed by atoms with Gasteiger partial charge in [-0.25, -0.2) is 0 Å². The summed E-state index contributed by atoms with van der Waals surface area (Å²) in [6.07, 6.45) is 0. The van der Waals surface area contributed by atoms with E-state index in [9.17, 15) is 9.04 Å². The number of hydrogen-bond acceptors (Lipinski definition) is 3. The van der Waals surface area contributed by atoms with Crippen LogP contribution in [0.1, 0.15) is 6.92 Å². The van der Waals surface area contributed by atoms with E-state index in [-0.39, 0.29) is 4.94 Å². The first-order valence-corrected chi connectivity index (χ1v) is 6.24. The molecule has 0 aromatic heterocycles. The van der Waals surface area contributed by atoms with Gasteiger partial charge in [-0.1, -0.05) is 0 Å². The van der Waals surface area contributed by atoms with E-state index in [1.807, 2.05) is 18.2 Å². The molecule has 3 nitrogen and oxygen atoms in total. The van der Waals surface area contributed by atoms with Crippen molar-refractivity contribution in [3.05, 3.63) is 24.3 Å². The fourth-order valence-electron chi connectivity index (χ4n) is 1.29. The number of nitrogens with zero attached hydrogens (tertiary/aromatic N) is 1. The molecular formula is C8H9NO2Se. The summed E-state index contributed by atoms with van der Waals surface area (Å²) in [6.45, 7) is 1.78. The molecule has 1 aliphatic rings. The summed E-state index contributed by atoms with van der Waals surface area (Å²) >= 11 is -2.04. The maximum absolute atomic E-state index is 11.6. The molecule has 4 heteroatoms. The third-order valence-corrected chi connectivity index (χ3v) is 5.34. The Morgan fingerprint density at radius 3 is 2.83 bits per heavy atom. The Morgan fingerprint density at radius 1 is 1.50 bits per heavy atom. The fraction of sp³-hybridized carbons (Fsp3) is 0.250. The van der Waals surface area contributed by atoms with Gasteiger partial charge in [0.2, 0.25) is 0 Å². The summed E-state index contributed by atoms with van der Waals surface area (Å²) in [5.41, 5.74) is 0.699. The molecule has 1 heterocycles. The normalized spacial score (nSPS) is 27.3. The van der Waals surface area contributed by atoms with Gasteiger partial charge in [-0.3, -0.25) is 0 Å². The molecule has 64 valence electrons. The van der Waals surface area contributed by atoms with Crippen molar-refractivity contribution in [2.45, 2.75) is 11.9 Å². The molecule has 1 aliphatic heterocycles. The number of rotatable bonds is 0. The molecule has 0 saturated carbocycles. The minimum absolute atomic E-state index is 0.234. The molecule has 0 spiro atoms. The monoisotopic (exact) mass is 231 g/mol.